The van der Waals surface area contributed by atoms with Gasteiger partial charge in [-0.25, -0.2) is 0 Å². The standard InChI is InChI=1S/C16H15N3O3S2/c1-2-21-12-7-5-11(6-8-12)17-14(20)10-24-16-19-18-15(22-16)13-4-3-9-23-13/h3-9H,2,10H2,1H3,(H,17,20). The molecule has 124 valence electrons. The first kappa shape index (κ1) is 16.5. The van der Waals surface area contributed by atoms with E-state index < -0.39 is 0 Å². The highest BCUT2D eigenvalue weighted by Crippen LogP contribution is 2.26. The largest absolute Gasteiger partial charge is 0.494 e. The van der Waals surface area contributed by atoms with Crippen molar-refractivity contribution < 1.29 is 13.9 Å². The fraction of sp³-hybridized carbons (Fsp3) is 0.188. The summed E-state index contributed by atoms with van der Waals surface area (Å²) in [7, 11) is 0. The molecule has 0 unspecified atom stereocenters. The molecule has 0 saturated carbocycles. The smallest absolute Gasteiger partial charge is 0.277 e. The fourth-order valence-corrected chi connectivity index (χ4v) is 3.10. The molecule has 0 aliphatic carbocycles. The predicted octanol–water partition coefficient (Wildman–Crippen LogP) is 3.93. The van der Waals surface area contributed by atoms with Crippen LogP contribution in [-0.4, -0.2) is 28.5 Å². The van der Waals surface area contributed by atoms with Crippen LogP contribution in [0.5, 0.6) is 5.75 Å². The van der Waals surface area contributed by atoms with Crippen LogP contribution in [0.2, 0.25) is 0 Å². The third-order valence-corrected chi connectivity index (χ3v) is 4.59. The Morgan fingerprint density at radius 3 is 2.83 bits per heavy atom. The van der Waals surface area contributed by atoms with E-state index in [1.54, 1.807) is 12.1 Å². The van der Waals surface area contributed by atoms with Crippen LogP contribution in [0.3, 0.4) is 0 Å². The molecular weight excluding hydrogens is 346 g/mol. The number of anilines is 1. The summed E-state index contributed by atoms with van der Waals surface area (Å²) >= 11 is 2.73. The van der Waals surface area contributed by atoms with Crippen molar-refractivity contribution in [3.63, 3.8) is 0 Å². The maximum atomic E-state index is 12.0. The van der Waals surface area contributed by atoms with E-state index in [1.165, 1.54) is 23.1 Å². The molecule has 0 aliphatic heterocycles. The van der Waals surface area contributed by atoms with Crippen LogP contribution in [0.4, 0.5) is 5.69 Å². The summed E-state index contributed by atoms with van der Waals surface area (Å²) in [4.78, 5) is 12.9. The number of rotatable bonds is 7. The van der Waals surface area contributed by atoms with Crippen molar-refractivity contribution in [3.8, 4) is 16.5 Å². The van der Waals surface area contributed by atoms with Gasteiger partial charge in [-0.05, 0) is 42.6 Å². The zero-order valence-electron chi connectivity index (χ0n) is 12.9. The third-order valence-electron chi connectivity index (χ3n) is 2.91. The van der Waals surface area contributed by atoms with Crippen LogP contribution >= 0.6 is 23.1 Å². The number of benzene rings is 1. The lowest BCUT2D eigenvalue weighted by atomic mass is 10.3. The molecule has 3 aromatic rings. The van der Waals surface area contributed by atoms with Gasteiger partial charge in [-0.1, -0.05) is 17.8 Å². The number of carbonyl (C=O) groups is 1. The van der Waals surface area contributed by atoms with Gasteiger partial charge < -0.3 is 14.5 Å². The first-order valence-electron chi connectivity index (χ1n) is 7.27. The van der Waals surface area contributed by atoms with E-state index in [4.69, 9.17) is 9.15 Å². The molecule has 1 N–H and O–H groups in total. The SMILES string of the molecule is CCOc1ccc(NC(=O)CSc2nnc(-c3cccs3)o2)cc1. The van der Waals surface area contributed by atoms with Crippen LogP contribution in [0.25, 0.3) is 10.8 Å². The Labute approximate surface area is 147 Å². The van der Waals surface area contributed by atoms with Crippen molar-refractivity contribution in [2.75, 3.05) is 17.7 Å². The van der Waals surface area contributed by atoms with Gasteiger partial charge in [-0.2, -0.15) is 0 Å². The van der Waals surface area contributed by atoms with Gasteiger partial charge in [0.2, 0.25) is 5.91 Å². The van der Waals surface area contributed by atoms with Crippen molar-refractivity contribution in [2.45, 2.75) is 12.1 Å². The number of carbonyl (C=O) groups excluding carboxylic acids is 1. The van der Waals surface area contributed by atoms with Crippen molar-refractivity contribution in [3.05, 3.63) is 41.8 Å². The normalized spacial score (nSPS) is 10.5. The molecule has 0 radical (unpaired) electrons. The molecule has 1 amide bonds. The molecule has 0 spiro atoms. The zero-order valence-corrected chi connectivity index (χ0v) is 14.5. The fourth-order valence-electron chi connectivity index (χ4n) is 1.89. The first-order chi connectivity index (χ1) is 11.7. The summed E-state index contributed by atoms with van der Waals surface area (Å²) in [6, 6.07) is 11.1. The molecule has 8 heteroatoms. The lowest BCUT2D eigenvalue weighted by Crippen LogP contribution is -2.13. The van der Waals surface area contributed by atoms with E-state index in [9.17, 15) is 4.79 Å². The van der Waals surface area contributed by atoms with Crippen LogP contribution < -0.4 is 10.1 Å². The maximum Gasteiger partial charge on any atom is 0.277 e. The van der Waals surface area contributed by atoms with Crippen LogP contribution in [-0.2, 0) is 4.79 Å². The molecular formula is C16H15N3O3S2. The topological polar surface area (TPSA) is 77.2 Å². The quantitative estimate of drug-likeness (QED) is 0.643. The second-order valence-corrected chi connectivity index (χ2v) is 6.52. The van der Waals surface area contributed by atoms with Crippen molar-refractivity contribution in [1.29, 1.82) is 0 Å². The highest BCUT2D eigenvalue weighted by molar-refractivity contribution is 7.99. The number of thioether (sulfide) groups is 1. The average molecular weight is 361 g/mol. The minimum atomic E-state index is -0.139. The van der Waals surface area contributed by atoms with Gasteiger partial charge in [0, 0.05) is 5.69 Å². The zero-order chi connectivity index (χ0) is 16.8. The van der Waals surface area contributed by atoms with E-state index >= 15 is 0 Å². The van der Waals surface area contributed by atoms with Gasteiger partial charge in [-0.15, -0.1) is 21.5 Å². The summed E-state index contributed by atoms with van der Waals surface area (Å²) in [6.07, 6.45) is 0. The molecule has 0 aliphatic rings. The molecule has 3 rings (SSSR count). The summed E-state index contributed by atoms with van der Waals surface area (Å²) in [6.45, 7) is 2.54. The van der Waals surface area contributed by atoms with Gasteiger partial charge in [0.15, 0.2) is 0 Å². The van der Waals surface area contributed by atoms with Gasteiger partial charge in [-0.3, -0.25) is 4.79 Å². The Hall–Kier alpha value is -2.32. The van der Waals surface area contributed by atoms with Gasteiger partial charge >= 0.3 is 0 Å². The summed E-state index contributed by atoms with van der Waals surface area (Å²) in [5.74, 6) is 1.30. The molecule has 24 heavy (non-hydrogen) atoms. The number of hydrogen-bond acceptors (Lipinski definition) is 7. The molecule has 2 heterocycles. The molecule has 2 aromatic heterocycles. The summed E-state index contributed by atoms with van der Waals surface area (Å²) in [5.41, 5.74) is 0.717. The Kier molecular flexibility index (Phi) is 5.50. The molecule has 0 fully saturated rings. The van der Waals surface area contributed by atoms with Gasteiger partial charge in [0.1, 0.15) is 5.75 Å². The Balaban J connectivity index is 1.50. The van der Waals surface area contributed by atoms with E-state index in [2.05, 4.69) is 15.5 Å². The highest BCUT2D eigenvalue weighted by Gasteiger charge is 2.12. The van der Waals surface area contributed by atoms with Crippen molar-refractivity contribution in [2.24, 2.45) is 0 Å². The number of ether oxygens (including phenoxy) is 1. The number of thiophene rings is 1. The first-order valence-corrected chi connectivity index (χ1v) is 9.14. The maximum absolute atomic E-state index is 12.0. The molecule has 0 bridgehead atoms. The molecule has 0 saturated heterocycles. The number of amides is 1. The molecule has 0 atom stereocenters. The number of nitrogens with one attached hydrogen (secondary N) is 1. The highest BCUT2D eigenvalue weighted by atomic mass is 32.2. The Morgan fingerprint density at radius 1 is 1.29 bits per heavy atom. The van der Waals surface area contributed by atoms with E-state index in [0.29, 0.717) is 23.4 Å². The minimum Gasteiger partial charge on any atom is -0.494 e. The van der Waals surface area contributed by atoms with Gasteiger partial charge in [0.25, 0.3) is 11.1 Å². The molecule has 1 aromatic carbocycles. The molecule has 6 nitrogen and oxygen atoms in total. The van der Waals surface area contributed by atoms with Gasteiger partial charge in [0.05, 0.1) is 17.2 Å². The van der Waals surface area contributed by atoms with E-state index in [0.717, 1.165) is 10.6 Å². The second kappa shape index (κ2) is 7.98. The van der Waals surface area contributed by atoms with Crippen LogP contribution in [0.1, 0.15) is 6.92 Å². The van der Waals surface area contributed by atoms with Crippen LogP contribution in [0.15, 0.2) is 51.4 Å². The minimum absolute atomic E-state index is 0.139. The van der Waals surface area contributed by atoms with E-state index in [1.807, 2.05) is 36.6 Å². The van der Waals surface area contributed by atoms with Crippen molar-refractivity contribution >= 4 is 34.7 Å². The lowest BCUT2D eigenvalue weighted by Gasteiger charge is -2.06. The predicted molar refractivity (Wildman–Crippen MR) is 94.6 cm³/mol. The lowest BCUT2D eigenvalue weighted by molar-refractivity contribution is -0.113. The number of aromatic nitrogens is 2. The monoisotopic (exact) mass is 361 g/mol. The van der Waals surface area contributed by atoms with Crippen LogP contribution in [0, 0.1) is 0 Å². The average Bonchev–Trinajstić information content (AvgIpc) is 3.26. The second-order valence-electron chi connectivity index (χ2n) is 4.64. The Morgan fingerprint density at radius 2 is 2.12 bits per heavy atom. The van der Waals surface area contributed by atoms with Crippen molar-refractivity contribution in [1.82, 2.24) is 10.2 Å². The Bertz CT molecular complexity index is 785. The summed E-state index contributed by atoms with van der Waals surface area (Å²) in [5, 5.41) is 13.0. The summed E-state index contributed by atoms with van der Waals surface area (Å²) < 4.78 is 10.9. The third kappa shape index (κ3) is 4.36. The number of nitrogens with zero attached hydrogens (tertiary/aromatic N) is 2. The number of hydrogen-bond donors (Lipinski definition) is 1. The van der Waals surface area contributed by atoms with E-state index in [-0.39, 0.29) is 11.7 Å².